The van der Waals surface area contributed by atoms with Crippen molar-refractivity contribution in [3.8, 4) is 0 Å². The summed E-state index contributed by atoms with van der Waals surface area (Å²) in [5.41, 5.74) is 2.81. The molecule has 2 rings (SSSR count). The van der Waals surface area contributed by atoms with Gasteiger partial charge >= 0.3 is 0 Å². The number of benzene rings is 1. The highest BCUT2D eigenvalue weighted by molar-refractivity contribution is 5.45. The fourth-order valence-electron chi connectivity index (χ4n) is 2.91. The summed E-state index contributed by atoms with van der Waals surface area (Å²) in [7, 11) is 0. The van der Waals surface area contributed by atoms with Gasteiger partial charge in [-0.15, -0.1) is 0 Å². The number of hydrogen-bond donors (Lipinski definition) is 1. The third-order valence-electron chi connectivity index (χ3n) is 4.00. The first-order valence-electron chi connectivity index (χ1n) is 8.07. The minimum Gasteiger partial charge on any atom is -0.384 e. The summed E-state index contributed by atoms with van der Waals surface area (Å²) in [6.45, 7) is 15.2. The zero-order chi connectivity index (χ0) is 15.5. The average Bonchev–Trinajstić information content (AvgIpc) is 2.37. The standard InChI is InChI=1S/C18H30N2O/c1-14-12-20(13-15(2)21-14)11-10-19-17-8-6-16(7-9-17)18(3,4)5/h6-9,14-15,19H,10-13H2,1-5H3/t14-,15+. The highest BCUT2D eigenvalue weighted by atomic mass is 16.5. The van der Waals surface area contributed by atoms with Crippen molar-refractivity contribution in [3.05, 3.63) is 29.8 Å². The molecule has 1 fully saturated rings. The van der Waals surface area contributed by atoms with Crippen LogP contribution in [-0.4, -0.2) is 43.3 Å². The molecule has 3 heteroatoms. The molecule has 1 heterocycles. The predicted molar refractivity (Wildman–Crippen MR) is 90.1 cm³/mol. The highest BCUT2D eigenvalue weighted by Gasteiger charge is 2.21. The maximum Gasteiger partial charge on any atom is 0.0678 e. The van der Waals surface area contributed by atoms with Crippen molar-refractivity contribution in [1.29, 1.82) is 0 Å². The minimum atomic E-state index is 0.221. The summed E-state index contributed by atoms with van der Waals surface area (Å²) in [4.78, 5) is 2.48. The van der Waals surface area contributed by atoms with E-state index in [0.29, 0.717) is 12.2 Å². The molecule has 0 saturated carbocycles. The van der Waals surface area contributed by atoms with Gasteiger partial charge in [0.15, 0.2) is 0 Å². The van der Waals surface area contributed by atoms with Gasteiger partial charge < -0.3 is 10.1 Å². The van der Waals surface area contributed by atoms with Gasteiger partial charge in [0.1, 0.15) is 0 Å². The van der Waals surface area contributed by atoms with Crippen LogP contribution in [0.5, 0.6) is 0 Å². The maximum atomic E-state index is 5.76. The van der Waals surface area contributed by atoms with E-state index < -0.39 is 0 Å². The van der Waals surface area contributed by atoms with Crippen LogP contribution in [0.1, 0.15) is 40.2 Å². The van der Waals surface area contributed by atoms with E-state index >= 15 is 0 Å². The molecule has 1 aliphatic rings. The van der Waals surface area contributed by atoms with Crippen molar-refractivity contribution in [2.45, 2.75) is 52.2 Å². The molecule has 1 aromatic carbocycles. The molecular formula is C18H30N2O. The molecule has 21 heavy (non-hydrogen) atoms. The van der Waals surface area contributed by atoms with Crippen molar-refractivity contribution in [2.24, 2.45) is 0 Å². The molecule has 0 radical (unpaired) electrons. The van der Waals surface area contributed by atoms with Crippen LogP contribution in [0.2, 0.25) is 0 Å². The molecule has 0 aromatic heterocycles. The van der Waals surface area contributed by atoms with E-state index in [4.69, 9.17) is 4.74 Å². The summed E-state index contributed by atoms with van der Waals surface area (Å²) in [5.74, 6) is 0. The van der Waals surface area contributed by atoms with Crippen LogP contribution in [0.3, 0.4) is 0 Å². The summed E-state index contributed by atoms with van der Waals surface area (Å²) >= 11 is 0. The Balaban J connectivity index is 1.78. The molecule has 118 valence electrons. The first kappa shape index (κ1) is 16.3. The maximum absolute atomic E-state index is 5.76. The van der Waals surface area contributed by atoms with Gasteiger partial charge in [-0.25, -0.2) is 0 Å². The third kappa shape index (κ3) is 5.01. The number of hydrogen-bond acceptors (Lipinski definition) is 3. The first-order valence-corrected chi connectivity index (χ1v) is 8.07. The van der Waals surface area contributed by atoms with Crippen molar-refractivity contribution >= 4 is 5.69 Å². The van der Waals surface area contributed by atoms with Crippen LogP contribution in [0.15, 0.2) is 24.3 Å². The Kier molecular flexibility index (Phi) is 5.28. The zero-order valence-corrected chi connectivity index (χ0v) is 14.1. The van der Waals surface area contributed by atoms with Crippen molar-refractivity contribution in [3.63, 3.8) is 0 Å². The zero-order valence-electron chi connectivity index (χ0n) is 14.1. The number of morpholine rings is 1. The van der Waals surface area contributed by atoms with Gasteiger partial charge in [0, 0.05) is 31.9 Å². The Labute approximate surface area is 129 Å². The Morgan fingerprint density at radius 3 is 2.19 bits per heavy atom. The number of nitrogens with zero attached hydrogens (tertiary/aromatic N) is 1. The largest absolute Gasteiger partial charge is 0.384 e. The van der Waals surface area contributed by atoms with Crippen LogP contribution >= 0.6 is 0 Å². The van der Waals surface area contributed by atoms with Crippen LogP contribution in [-0.2, 0) is 10.2 Å². The number of ether oxygens (including phenoxy) is 1. The summed E-state index contributed by atoms with van der Waals surface area (Å²) in [6.07, 6.45) is 0.694. The second-order valence-electron chi connectivity index (χ2n) is 7.27. The second-order valence-corrected chi connectivity index (χ2v) is 7.27. The number of rotatable bonds is 4. The lowest BCUT2D eigenvalue weighted by molar-refractivity contribution is -0.0667. The van der Waals surface area contributed by atoms with Crippen molar-refractivity contribution in [2.75, 3.05) is 31.5 Å². The SMILES string of the molecule is C[C@@H]1CN(CCNc2ccc(C(C)(C)C)cc2)C[C@H](C)O1. The van der Waals surface area contributed by atoms with E-state index in [-0.39, 0.29) is 5.41 Å². The lowest BCUT2D eigenvalue weighted by Gasteiger charge is -2.35. The Morgan fingerprint density at radius 1 is 1.10 bits per heavy atom. The molecule has 1 aliphatic heterocycles. The highest BCUT2D eigenvalue weighted by Crippen LogP contribution is 2.23. The van der Waals surface area contributed by atoms with Crippen LogP contribution in [0, 0.1) is 0 Å². The van der Waals surface area contributed by atoms with Gasteiger partial charge in [-0.1, -0.05) is 32.9 Å². The smallest absolute Gasteiger partial charge is 0.0678 e. The molecular weight excluding hydrogens is 260 g/mol. The minimum absolute atomic E-state index is 0.221. The molecule has 1 aromatic rings. The fourth-order valence-corrected chi connectivity index (χ4v) is 2.91. The Hall–Kier alpha value is -1.06. The summed E-state index contributed by atoms with van der Waals surface area (Å²) in [5, 5.41) is 3.52. The fraction of sp³-hybridized carbons (Fsp3) is 0.667. The third-order valence-corrected chi connectivity index (χ3v) is 4.00. The predicted octanol–water partition coefficient (Wildman–Crippen LogP) is 3.51. The van der Waals surface area contributed by atoms with Gasteiger partial charge in [0.25, 0.3) is 0 Å². The Morgan fingerprint density at radius 2 is 1.67 bits per heavy atom. The van der Waals surface area contributed by atoms with Crippen LogP contribution < -0.4 is 5.32 Å². The van der Waals surface area contributed by atoms with Crippen molar-refractivity contribution in [1.82, 2.24) is 4.90 Å². The number of nitrogens with one attached hydrogen (secondary N) is 1. The lowest BCUT2D eigenvalue weighted by atomic mass is 9.87. The monoisotopic (exact) mass is 290 g/mol. The lowest BCUT2D eigenvalue weighted by Crippen LogP contribution is -2.46. The molecule has 1 N–H and O–H groups in total. The van der Waals surface area contributed by atoms with E-state index in [9.17, 15) is 0 Å². The van der Waals surface area contributed by atoms with Crippen LogP contribution in [0.25, 0.3) is 0 Å². The molecule has 0 aliphatic carbocycles. The van der Waals surface area contributed by atoms with E-state index in [1.165, 1.54) is 11.3 Å². The quantitative estimate of drug-likeness (QED) is 0.918. The van der Waals surface area contributed by atoms with Gasteiger partial charge in [-0.2, -0.15) is 0 Å². The van der Waals surface area contributed by atoms with E-state index in [2.05, 4.69) is 69.1 Å². The van der Waals surface area contributed by atoms with Gasteiger partial charge in [0.05, 0.1) is 12.2 Å². The molecule has 1 saturated heterocycles. The molecule has 0 unspecified atom stereocenters. The normalized spacial score (nSPS) is 24.0. The number of anilines is 1. The van der Waals surface area contributed by atoms with E-state index in [1.807, 2.05) is 0 Å². The average molecular weight is 290 g/mol. The van der Waals surface area contributed by atoms with Gasteiger partial charge in [0.2, 0.25) is 0 Å². The molecule has 3 nitrogen and oxygen atoms in total. The van der Waals surface area contributed by atoms with Gasteiger partial charge in [-0.05, 0) is 37.0 Å². The van der Waals surface area contributed by atoms with Crippen molar-refractivity contribution < 1.29 is 4.74 Å². The molecule has 2 atom stereocenters. The van der Waals surface area contributed by atoms with E-state index in [1.54, 1.807) is 0 Å². The summed E-state index contributed by atoms with van der Waals surface area (Å²) < 4.78 is 5.76. The topological polar surface area (TPSA) is 24.5 Å². The first-order chi connectivity index (χ1) is 9.84. The molecule has 0 amide bonds. The Bertz CT molecular complexity index is 426. The van der Waals surface area contributed by atoms with E-state index in [0.717, 1.165) is 26.2 Å². The second kappa shape index (κ2) is 6.80. The molecule has 0 bridgehead atoms. The summed E-state index contributed by atoms with van der Waals surface area (Å²) in [6, 6.07) is 8.82. The molecule has 0 spiro atoms. The van der Waals surface area contributed by atoms with Crippen LogP contribution in [0.4, 0.5) is 5.69 Å². The van der Waals surface area contributed by atoms with Gasteiger partial charge in [-0.3, -0.25) is 4.90 Å².